The highest BCUT2D eigenvalue weighted by Crippen LogP contribution is 2.20. The molecule has 0 bridgehead atoms. The van der Waals surface area contributed by atoms with E-state index in [-0.39, 0.29) is 18.6 Å². The smallest absolute Gasteiger partial charge is 0.317 e. The third-order valence-electron chi connectivity index (χ3n) is 4.37. The van der Waals surface area contributed by atoms with Gasteiger partial charge in [-0.1, -0.05) is 6.92 Å². The first-order valence-corrected chi connectivity index (χ1v) is 8.28. The topological polar surface area (TPSA) is 90.7 Å². The number of hydrogen-bond donors (Lipinski definition) is 2. The molecule has 2 amide bonds. The molecule has 8 heteroatoms. The van der Waals surface area contributed by atoms with Gasteiger partial charge >= 0.3 is 12.0 Å². The fraction of sp³-hybridized carbons (Fsp3) is 0.688. The first kappa shape index (κ1) is 18.1. The second-order valence-corrected chi connectivity index (χ2v) is 6.62. The van der Waals surface area contributed by atoms with Crippen LogP contribution in [0.1, 0.15) is 25.5 Å². The lowest BCUT2D eigenvalue weighted by molar-refractivity contribution is -0.141. The fourth-order valence-electron chi connectivity index (χ4n) is 3.05. The number of carboxylic acid groups (broad SMARTS) is 1. The van der Waals surface area contributed by atoms with E-state index in [1.165, 1.54) is 4.90 Å². The number of piperidine rings is 1. The molecule has 1 aliphatic heterocycles. The van der Waals surface area contributed by atoms with Gasteiger partial charge < -0.3 is 20.2 Å². The largest absolute Gasteiger partial charge is 0.481 e. The molecular formula is C16H27N5O3. The van der Waals surface area contributed by atoms with Gasteiger partial charge in [-0.15, -0.1) is 0 Å². The van der Waals surface area contributed by atoms with Gasteiger partial charge in [0.2, 0.25) is 0 Å². The Morgan fingerprint density at radius 1 is 1.54 bits per heavy atom. The molecule has 8 nitrogen and oxygen atoms in total. The maximum atomic E-state index is 12.3. The molecule has 2 atom stereocenters. The Morgan fingerprint density at radius 3 is 2.83 bits per heavy atom. The lowest BCUT2D eigenvalue weighted by Crippen LogP contribution is -2.52. The number of aromatic nitrogens is 2. The Morgan fingerprint density at radius 2 is 2.25 bits per heavy atom. The quantitative estimate of drug-likeness (QED) is 0.838. The van der Waals surface area contributed by atoms with E-state index < -0.39 is 11.9 Å². The summed E-state index contributed by atoms with van der Waals surface area (Å²) in [5.41, 5.74) is 0.973. The summed E-state index contributed by atoms with van der Waals surface area (Å²) in [6.45, 7) is 5.42. The third kappa shape index (κ3) is 4.39. The van der Waals surface area contributed by atoms with Crippen molar-refractivity contribution in [3.05, 3.63) is 11.8 Å². The molecule has 2 N–H and O–H groups in total. The normalized spacial score (nSPS) is 19.0. The number of hydrogen-bond acceptors (Lipinski definition) is 4. The number of urea groups is 1. The summed E-state index contributed by atoms with van der Waals surface area (Å²) in [4.78, 5) is 26.8. The van der Waals surface area contributed by atoms with Crippen LogP contribution in [-0.2, 0) is 11.8 Å². The van der Waals surface area contributed by atoms with E-state index in [1.54, 1.807) is 14.0 Å². The molecule has 1 aliphatic rings. The van der Waals surface area contributed by atoms with Crippen molar-refractivity contribution in [1.29, 1.82) is 0 Å². The minimum Gasteiger partial charge on any atom is -0.481 e. The van der Waals surface area contributed by atoms with E-state index in [4.69, 9.17) is 5.11 Å². The van der Waals surface area contributed by atoms with Crippen LogP contribution >= 0.6 is 0 Å². The molecule has 2 unspecified atom stereocenters. The number of nitrogens with zero attached hydrogens (tertiary/aromatic N) is 4. The molecule has 1 aromatic rings. The number of carboxylic acids is 1. The molecule has 134 valence electrons. The van der Waals surface area contributed by atoms with Gasteiger partial charge in [-0.25, -0.2) is 4.79 Å². The highest BCUT2D eigenvalue weighted by atomic mass is 16.4. The summed E-state index contributed by atoms with van der Waals surface area (Å²) in [5, 5.41) is 16.3. The minimum atomic E-state index is -0.898. The highest BCUT2D eigenvalue weighted by molar-refractivity contribution is 5.76. The van der Waals surface area contributed by atoms with Crippen LogP contribution in [0.15, 0.2) is 6.07 Å². The number of anilines is 1. The Balaban J connectivity index is 1.91. The van der Waals surface area contributed by atoms with E-state index in [1.807, 2.05) is 24.7 Å². The van der Waals surface area contributed by atoms with Crippen LogP contribution < -0.4 is 10.2 Å². The lowest BCUT2D eigenvalue weighted by Gasteiger charge is -2.35. The number of amides is 2. The van der Waals surface area contributed by atoms with Crippen molar-refractivity contribution < 1.29 is 14.7 Å². The van der Waals surface area contributed by atoms with Crippen LogP contribution in [0.4, 0.5) is 10.6 Å². The molecule has 24 heavy (non-hydrogen) atoms. The average Bonchev–Trinajstić information content (AvgIpc) is 2.85. The van der Waals surface area contributed by atoms with Crippen LogP contribution in [0.2, 0.25) is 0 Å². The summed E-state index contributed by atoms with van der Waals surface area (Å²) in [5.74, 6) is -0.426. The minimum absolute atomic E-state index is 0.0454. The zero-order valence-electron chi connectivity index (χ0n) is 14.8. The van der Waals surface area contributed by atoms with E-state index in [9.17, 15) is 9.59 Å². The van der Waals surface area contributed by atoms with Gasteiger partial charge in [-0.3, -0.25) is 9.48 Å². The molecule has 2 rings (SSSR count). The molecular weight excluding hydrogens is 310 g/mol. The number of nitrogens with one attached hydrogen (secondary N) is 1. The zero-order valence-corrected chi connectivity index (χ0v) is 14.8. The molecule has 1 aromatic heterocycles. The SMILES string of the molecule is Cc1cc(N2CCCC(NC(=O)N(C)CC(C)C(=O)O)C2)n(C)n1. The van der Waals surface area contributed by atoms with Gasteiger partial charge in [0.15, 0.2) is 0 Å². The van der Waals surface area contributed by atoms with Crippen LogP contribution in [0.5, 0.6) is 0 Å². The average molecular weight is 337 g/mol. The first-order chi connectivity index (χ1) is 11.3. The predicted molar refractivity (Wildman–Crippen MR) is 91.1 cm³/mol. The Labute approximate surface area is 142 Å². The second kappa shape index (κ2) is 7.55. The summed E-state index contributed by atoms with van der Waals surface area (Å²) in [6, 6.07) is 1.87. The Bertz CT molecular complexity index is 601. The van der Waals surface area contributed by atoms with Gasteiger partial charge in [0, 0.05) is 45.8 Å². The fourth-order valence-corrected chi connectivity index (χ4v) is 3.05. The van der Waals surface area contributed by atoms with Crippen LogP contribution in [-0.4, -0.2) is 64.5 Å². The molecule has 0 aliphatic carbocycles. The van der Waals surface area contributed by atoms with Gasteiger partial charge in [-0.05, 0) is 19.8 Å². The lowest BCUT2D eigenvalue weighted by atomic mass is 10.1. The molecule has 0 saturated carbocycles. The van der Waals surface area contributed by atoms with Crippen molar-refractivity contribution in [3.8, 4) is 0 Å². The number of carbonyl (C=O) groups excluding carboxylic acids is 1. The maximum absolute atomic E-state index is 12.3. The summed E-state index contributed by atoms with van der Waals surface area (Å²) < 4.78 is 1.86. The number of rotatable bonds is 5. The monoisotopic (exact) mass is 337 g/mol. The summed E-state index contributed by atoms with van der Waals surface area (Å²) in [7, 11) is 3.55. The molecule has 0 radical (unpaired) electrons. The summed E-state index contributed by atoms with van der Waals surface area (Å²) in [6.07, 6.45) is 1.91. The van der Waals surface area contributed by atoms with Crippen molar-refractivity contribution >= 4 is 17.8 Å². The molecule has 0 aromatic carbocycles. The molecule has 0 spiro atoms. The van der Waals surface area contributed by atoms with Crippen LogP contribution in [0.25, 0.3) is 0 Å². The van der Waals surface area contributed by atoms with Crippen LogP contribution in [0.3, 0.4) is 0 Å². The van der Waals surface area contributed by atoms with E-state index in [0.717, 1.165) is 37.4 Å². The van der Waals surface area contributed by atoms with Gasteiger partial charge in [0.05, 0.1) is 11.6 Å². The second-order valence-electron chi connectivity index (χ2n) is 6.62. The van der Waals surface area contributed by atoms with Gasteiger partial charge in [-0.2, -0.15) is 5.10 Å². The zero-order chi connectivity index (χ0) is 17.9. The highest BCUT2D eigenvalue weighted by Gasteiger charge is 2.25. The van der Waals surface area contributed by atoms with Crippen molar-refractivity contribution in [1.82, 2.24) is 20.0 Å². The van der Waals surface area contributed by atoms with Crippen molar-refractivity contribution in [2.24, 2.45) is 13.0 Å². The van der Waals surface area contributed by atoms with Gasteiger partial charge in [0.1, 0.15) is 5.82 Å². The molecule has 1 fully saturated rings. The van der Waals surface area contributed by atoms with Crippen LogP contribution in [0, 0.1) is 12.8 Å². The molecule has 1 saturated heterocycles. The van der Waals surface area contributed by atoms with Crippen molar-refractivity contribution in [2.75, 3.05) is 31.6 Å². The number of aryl methyl sites for hydroxylation is 2. The molecule has 2 heterocycles. The van der Waals surface area contributed by atoms with E-state index in [0.29, 0.717) is 0 Å². The Hall–Kier alpha value is -2.25. The van der Waals surface area contributed by atoms with Crippen molar-refractivity contribution in [2.45, 2.75) is 32.7 Å². The third-order valence-corrected chi connectivity index (χ3v) is 4.37. The van der Waals surface area contributed by atoms with E-state index >= 15 is 0 Å². The first-order valence-electron chi connectivity index (χ1n) is 8.28. The Kier molecular flexibility index (Phi) is 5.69. The van der Waals surface area contributed by atoms with E-state index in [2.05, 4.69) is 15.3 Å². The predicted octanol–water partition coefficient (Wildman–Crippen LogP) is 1.06. The standard InChI is InChI=1S/C16H27N5O3/c1-11(15(22)23)9-19(3)16(24)17-13-6-5-7-21(10-13)14-8-12(2)18-20(14)4/h8,11,13H,5-7,9-10H2,1-4H3,(H,17,24)(H,22,23). The van der Waals surface area contributed by atoms with Crippen molar-refractivity contribution in [3.63, 3.8) is 0 Å². The van der Waals surface area contributed by atoms with Gasteiger partial charge in [0.25, 0.3) is 0 Å². The number of carbonyl (C=O) groups is 2. The summed E-state index contributed by atoms with van der Waals surface area (Å²) >= 11 is 0. The number of aliphatic carboxylic acids is 1. The maximum Gasteiger partial charge on any atom is 0.317 e.